The molecule has 0 saturated carbocycles. The van der Waals surface area contributed by atoms with Gasteiger partial charge < -0.3 is 5.11 Å². The summed E-state index contributed by atoms with van der Waals surface area (Å²) in [6.07, 6.45) is 2.71. The molecule has 0 amide bonds. The summed E-state index contributed by atoms with van der Waals surface area (Å²) in [7, 11) is 0. The van der Waals surface area contributed by atoms with Crippen LogP contribution in [-0.2, 0) is 6.42 Å². The molecule has 0 aliphatic heterocycles. The summed E-state index contributed by atoms with van der Waals surface area (Å²) in [6, 6.07) is 1.90. The summed E-state index contributed by atoms with van der Waals surface area (Å²) in [4.78, 5) is 7.37. The van der Waals surface area contributed by atoms with E-state index in [1.165, 1.54) is 12.4 Å². The van der Waals surface area contributed by atoms with Crippen molar-refractivity contribution in [2.24, 2.45) is 0 Å². The van der Waals surface area contributed by atoms with E-state index < -0.39 is 0 Å². The van der Waals surface area contributed by atoms with Crippen LogP contribution in [0, 0.1) is 11.3 Å². The third-order valence-electron chi connectivity index (χ3n) is 0.929. The number of hydrogen-bond donors (Lipinski definition) is 1. The molecular weight excluding hydrogens is 130 g/mol. The van der Waals surface area contributed by atoms with E-state index >= 15 is 0 Å². The van der Waals surface area contributed by atoms with Crippen molar-refractivity contribution in [2.75, 3.05) is 0 Å². The molecule has 0 aliphatic rings. The second-order valence-corrected chi connectivity index (χ2v) is 1.69. The van der Waals surface area contributed by atoms with Gasteiger partial charge in [0.15, 0.2) is 5.75 Å². The fraction of sp³-hybridized carbons (Fsp3) is 0.167. The lowest BCUT2D eigenvalue weighted by Gasteiger charge is -1.90. The highest BCUT2D eigenvalue weighted by atomic mass is 16.3. The predicted octanol–water partition coefficient (Wildman–Crippen LogP) is 0.248. The van der Waals surface area contributed by atoms with Gasteiger partial charge in [0.1, 0.15) is 5.82 Å². The van der Waals surface area contributed by atoms with Crippen LogP contribution in [0.3, 0.4) is 0 Å². The zero-order chi connectivity index (χ0) is 7.40. The molecule has 4 heteroatoms. The molecule has 50 valence electrons. The first-order valence-electron chi connectivity index (χ1n) is 2.70. The van der Waals surface area contributed by atoms with Crippen LogP contribution < -0.4 is 0 Å². The van der Waals surface area contributed by atoms with E-state index in [0.29, 0.717) is 5.82 Å². The fourth-order valence-corrected chi connectivity index (χ4v) is 0.510. The van der Waals surface area contributed by atoms with Crippen molar-refractivity contribution in [3.63, 3.8) is 0 Å². The molecule has 1 rings (SSSR count). The van der Waals surface area contributed by atoms with Crippen molar-refractivity contribution in [1.29, 1.82) is 5.26 Å². The normalized spacial score (nSPS) is 8.70. The Morgan fingerprint density at radius 3 is 2.60 bits per heavy atom. The van der Waals surface area contributed by atoms with Crippen molar-refractivity contribution in [3.8, 4) is 11.8 Å². The summed E-state index contributed by atoms with van der Waals surface area (Å²) in [5.41, 5.74) is 0. The van der Waals surface area contributed by atoms with Gasteiger partial charge in [0.2, 0.25) is 0 Å². The minimum atomic E-state index is 0.0155. The summed E-state index contributed by atoms with van der Waals surface area (Å²) in [5.74, 6) is 0.446. The number of rotatable bonds is 1. The molecule has 0 unspecified atom stereocenters. The highest BCUT2D eigenvalue weighted by molar-refractivity contribution is 5.10. The number of aromatic hydroxyl groups is 1. The van der Waals surface area contributed by atoms with Crippen LogP contribution >= 0.6 is 0 Å². The number of aromatic nitrogens is 2. The molecule has 1 heterocycles. The van der Waals surface area contributed by atoms with E-state index in [-0.39, 0.29) is 12.2 Å². The zero-order valence-corrected chi connectivity index (χ0v) is 5.15. The first-order valence-corrected chi connectivity index (χ1v) is 2.70. The van der Waals surface area contributed by atoms with Gasteiger partial charge in [0.05, 0.1) is 24.9 Å². The maximum absolute atomic E-state index is 8.72. The van der Waals surface area contributed by atoms with Crippen LogP contribution in [0.25, 0.3) is 0 Å². The lowest BCUT2D eigenvalue weighted by molar-refractivity contribution is 0.468. The Kier molecular flexibility index (Phi) is 1.80. The predicted molar refractivity (Wildman–Crippen MR) is 33.0 cm³/mol. The van der Waals surface area contributed by atoms with E-state index in [1.54, 1.807) is 0 Å². The lowest BCUT2D eigenvalue weighted by atomic mass is 10.4. The summed E-state index contributed by atoms with van der Waals surface area (Å²) >= 11 is 0. The Balaban J connectivity index is 2.81. The molecule has 0 bridgehead atoms. The molecule has 0 aliphatic carbocycles. The second kappa shape index (κ2) is 2.78. The minimum Gasteiger partial charge on any atom is -0.505 e. The van der Waals surface area contributed by atoms with Crippen LogP contribution in [0.1, 0.15) is 5.82 Å². The van der Waals surface area contributed by atoms with Crippen LogP contribution in [0.4, 0.5) is 0 Å². The van der Waals surface area contributed by atoms with Crippen LogP contribution in [-0.4, -0.2) is 15.1 Å². The van der Waals surface area contributed by atoms with Gasteiger partial charge in [-0.25, -0.2) is 9.97 Å². The summed E-state index contributed by atoms with van der Waals surface area (Å²) in [5, 5.41) is 16.9. The van der Waals surface area contributed by atoms with Gasteiger partial charge in [-0.3, -0.25) is 0 Å². The minimum absolute atomic E-state index is 0.0155. The lowest BCUT2D eigenvalue weighted by Crippen LogP contribution is -1.90. The van der Waals surface area contributed by atoms with Crippen molar-refractivity contribution < 1.29 is 5.11 Å². The molecule has 0 aromatic carbocycles. The van der Waals surface area contributed by atoms with Crippen LogP contribution in [0.2, 0.25) is 0 Å². The van der Waals surface area contributed by atoms with Gasteiger partial charge in [-0.15, -0.1) is 0 Å². The number of hydrogen-bond acceptors (Lipinski definition) is 4. The zero-order valence-electron chi connectivity index (χ0n) is 5.15. The van der Waals surface area contributed by atoms with Gasteiger partial charge >= 0.3 is 0 Å². The average Bonchev–Trinajstić information content (AvgIpc) is 1.95. The molecule has 1 N–H and O–H groups in total. The fourth-order valence-electron chi connectivity index (χ4n) is 0.510. The second-order valence-electron chi connectivity index (χ2n) is 1.69. The molecule has 4 nitrogen and oxygen atoms in total. The van der Waals surface area contributed by atoms with Gasteiger partial charge in [0.25, 0.3) is 0 Å². The monoisotopic (exact) mass is 135 g/mol. The molecule has 1 aromatic rings. The SMILES string of the molecule is N#CCc1ncc(O)cn1. The highest BCUT2D eigenvalue weighted by Crippen LogP contribution is 2.01. The third-order valence-corrected chi connectivity index (χ3v) is 0.929. The quantitative estimate of drug-likeness (QED) is 0.599. The van der Waals surface area contributed by atoms with Gasteiger partial charge in [-0.1, -0.05) is 0 Å². The highest BCUT2D eigenvalue weighted by Gasteiger charge is 1.92. The van der Waals surface area contributed by atoms with Crippen molar-refractivity contribution in [2.45, 2.75) is 6.42 Å². The van der Waals surface area contributed by atoms with E-state index in [4.69, 9.17) is 10.4 Å². The summed E-state index contributed by atoms with van der Waals surface area (Å²) < 4.78 is 0. The van der Waals surface area contributed by atoms with Crippen molar-refractivity contribution in [3.05, 3.63) is 18.2 Å². The summed E-state index contributed by atoms with van der Waals surface area (Å²) in [6.45, 7) is 0. The van der Waals surface area contributed by atoms with Gasteiger partial charge in [-0.05, 0) is 0 Å². The smallest absolute Gasteiger partial charge is 0.152 e. The third kappa shape index (κ3) is 1.42. The van der Waals surface area contributed by atoms with Crippen LogP contribution in [0.5, 0.6) is 5.75 Å². The van der Waals surface area contributed by atoms with Gasteiger partial charge in [-0.2, -0.15) is 5.26 Å². The Morgan fingerprint density at radius 1 is 1.50 bits per heavy atom. The molecular formula is C6H5N3O. The maximum Gasteiger partial charge on any atom is 0.152 e. The van der Waals surface area contributed by atoms with E-state index in [1.807, 2.05) is 6.07 Å². The number of nitriles is 1. The Morgan fingerprint density at radius 2 is 2.10 bits per heavy atom. The Bertz CT molecular complexity index is 249. The molecule has 10 heavy (non-hydrogen) atoms. The van der Waals surface area contributed by atoms with Crippen LogP contribution in [0.15, 0.2) is 12.4 Å². The molecule has 0 fully saturated rings. The first-order chi connectivity index (χ1) is 4.83. The van der Waals surface area contributed by atoms with Crippen molar-refractivity contribution >= 4 is 0 Å². The largest absolute Gasteiger partial charge is 0.505 e. The number of nitrogens with zero attached hydrogens (tertiary/aromatic N) is 3. The standard InChI is InChI=1S/C6H5N3O/c7-2-1-6-8-3-5(10)4-9-6/h3-4,10H,1H2. The molecule has 1 aromatic heterocycles. The Hall–Kier alpha value is -1.63. The molecule has 0 radical (unpaired) electrons. The average molecular weight is 135 g/mol. The molecule has 0 spiro atoms. The van der Waals surface area contributed by atoms with E-state index in [2.05, 4.69) is 9.97 Å². The maximum atomic E-state index is 8.72. The Labute approximate surface area is 57.8 Å². The molecule has 0 atom stereocenters. The van der Waals surface area contributed by atoms with Crippen molar-refractivity contribution in [1.82, 2.24) is 9.97 Å². The van der Waals surface area contributed by atoms with E-state index in [0.717, 1.165) is 0 Å². The van der Waals surface area contributed by atoms with E-state index in [9.17, 15) is 0 Å². The molecule has 0 saturated heterocycles. The topological polar surface area (TPSA) is 69.8 Å². The first kappa shape index (κ1) is 6.49. The van der Waals surface area contributed by atoms with Gasteiger partial charge in [0, 0.05) is 0 Å².